The van der Waals surface area contributed by atoms with Crippen LogP contribution in [0.5, 0.6) is 0 Å². The summed E-state index contributed by atoms with van der Waals surface area (Å²) in [5.41, 5.74) is 2.63. The number of nitrogens with zero attached hydrogens (tertiary/aromatic N) is 1. The van der Waals surface area contributed by atoms with E-state index in [9.17, 15) is 14.0 Å². The molecule has 1 aromatic carbocycles. The fourth-order valence-electron chi connectivity index (χ4n) is 2.37. The predicted octanol–water partition coefficient (Wildman–Crippen LogP) is 2.61. The van der Waals surface area contributed by atoms with Crippen LogP contribution >= 0.6 is 0 Å². The topological polar surface area (TPSA) is 54.3 Å². The molecule has 1 N–H and O–H groups in total. The van der Waals surface area contributed by atoms with Gasteiger partial charge in [0.25, 0.3) is 5.56 Å². The summed E-state index contributed by atoms with van der Waals surface area (Å²) in [6.45, 7) is 3.65. The van der Waals surface area contributed by atoms with Crippen LogP contribution in [0.3, 0.4) is 0 Å². The molecule has 3 rings (SSSR count). The van der Waals surface area contributed by atoms with Gasteiger partial charge in [0.2, 0.25) is 0 Å². The van der Waals surface area contributed by atoms with Gasteiger partial charge in [0.15, 0.2) is 5.78 Å². The number of carbonyl (C=O) groups excluding carboxylic acids is 1. The van der Waals surface area contributed by atoms with Crippen molar-refractivity contribution in [3.63, 3.8) is 0 Å². The molecule has 0 atom stereocenters. The van der Waals surface area contributed by atoms with Crippen molar-refractivity contribution in [3.8, 4) is 0 Å². The number of ketones is 1. The van der Waals surface area contributed by atoms with E-state index in [1.165, 1.54) is 40.8 Å². The van der Waals surface area contributed by atoms with Crippen LogP contribution in [-0.4, -0.2) is 15.2 Å². The smallest absolute Gasteiger partial charge is 0.256 e. The van der Waals surface area contributed by atoms with E-state index in [-0.39, 0.29) is 11.3 Å². The summed E-state index contributed by atoms with van der Waals surface area (Å²) < 4.78 is 14.4. The van der Waals surface area contributed by atoms with Crippen LogP contribution in [0.25, 0.3) is 5.65 Å². The number of aryl methyl sites for hydroxylation is 2. The van der Waals surface area contributed by atoms with Crippen molar-refractivity contribution in [3.05, 3.63) is 75.1 Å². The molecular weight excluding hydrogens is 271 g/mol. The van der Waals surface area contributed by atoms with Crippen LogP contribution in [0.2, 0.25) is 0 Å². The number of hydrogen-bond acceptors (Lipinski definition) is 2. The van der Waals surface area contributed by atoms with Crippen molar-refractivity contribution in [2.75, 3.05) is 0 Å². The van der Waals surface area contributed by atoms with Crippen LogP contribution in [0.15, 0.2) is 41.2 Å². The minimum atomic E-state index is -0.396. The molecule has 0 fully saturated rings. The van der Waals surface area contributed by atoms with E-state index in [1.807, 2.05) is 13.8 Å². The van der Waals surface area contributed by atoms with Gasteiger partial charge < -0.3 is 4.98 Å². The monoisotopic (exact) mass is 284 g/mol. The third-order valence-corrected chi connectivity index (χ3v) is 3.63. The van der Waals surface area contributed by atoms with Gasteiger partial charge in [-0.25, -0.2) is 4.39 Å². The molecule has 0 unspecified atom stereocenters. The molecule has 0 bridgehead atoms. The number of benzene rings is 1. The Morgan fingerprint density at radius 1 is 1.10 bits per heavy atom. The Balaban J connectivity index is 2.23. The van der Waals surface area contributed by atoms with Crippen LogP contribution in [-0.2, 0) is 0 Å². The van der Waals surface area contributed by atoms with E-state index in [4.69, 9.17) is 0 Å². The van der Waals surface area contributed by atoms with Gasteiger partial charge >= 0.3 is 0 Å². The molecule has 4 nitrogen and oxygen atoms in total. The molecule has 21 heavy (non-hydrogen) atoms. The van der Waals surface area contributed by atoms with E-state index in [0.717, 1.165) is 11.4 Å². The fraction of sp³-hybridized carbons (Fsp3) is 0.125. The molecule has 0 amide bonds. The first-order chi connectivity index (χ1) is 9.99. The number of pyridine rings is 1. The number of hydrogen-bond donors (Lipinski definition) is 1. The lowest BCUT2D eigenvalue weighted by Crippen LogP contribution is -2.15. The molecule has 0 aliphatic heterocycles. The number of nitrogens with one attached hydrogen (secondary N) is 1. The Kier molecular flexibility index (Phi) is 2.97. The zero-order chi connectivity index (χ0) is 15.1. The Hall–Kier alpha value is -2.69. The molecule has 0 spiro atoms. The van der Waals surface area contributed by atoms with Crippen LogP contribution in [0, 0.1) is 19.7 Å². The molecule has 2 heterocycles. The second kappa shape index (κ2) is 4.70. The SMILES string of the molecule is Cc1[nH]c2c(C(=O)c3ccc(F)cc3)ccc(=O)n2c1C. The maximum Gasteiger partial charge on any atom is 0.256 e. The quantitative estimate of drug-likeness (QED) is 0.735. The van der Waals surface area contributed by atoms with Crippen LogP contribution in [0.4, 0.5) is 4.39 Å². The first-order valence-corrected chi connectivity index (χ1v) is 6.50. The highest BCUT2D eigenvalue weighted by molar-refractivity contribution is 6.12. The van der Waals surface area contributed by atoms with Gasteiger partial charge in [-0.1, -0.05) is 0 Å². The molecule has 0 saturated carbocycles. The van der Waals surface area contributed by atoms with E-state index >= 15 is 0 Å². The van der Waals surface area contributed by atoms with Crippen molar-refractivity contribution in [1.82, 2.24) is 9.38 Å². The lowest BCUT2D eigenvalue weighted by molar-refractivity contribution is 0.103. The van der Waals surface area contributed by atoms with Crippen molar-refractivity contribution in [2.45, 2.75) is 13.8 Å². The van der Waals surface area contributed by atoms with Gasteiger partial charge in [0.1, 0.15) is 11.5 Å². The summed E-state index contributed by atoms with van der Waals surface area (Å²) in [5.74, 6) is -0.652. The number of halogens is 1. The minimum Gasteiger partial charge on any atom is -0.343 e. The van der Waals surface area contributed by atoms with Crippen molar-refractivity contribution >= 4 is 11.4 Å². The van der Waals surface area contributed by atoms with Gasteiger partial charge in [0.05, 0.1) is 5.56 Å². The van der Waals surface area contributed by atoms with E-state index in [0.29, 0.717) is 16.8 Å². The molecule has 106 valence electrons. The molecule has 3 aromatic rings. The van der Waals surface area contributed by atoms with Gasteiger partial charge in [-0.3, -0.25) is 14.0 Å². The molecule has 5 heteroatoms. The number of H-pyrrole nitrogens is 1. The van der Waals surface area contributed by atoms with Crippen LogP contribution in [0.1, 0.15) is 27.3 Å². The Labute approximate surface area is 119 Å². The first kappa shape index (κ1) is 13.3. The highest BCUT2D eigenvalue weighted by atomic mass is 19.1. The average molecular weight is 284 g/mol. The second-order valence-electron chi connectivity index (χ2n) is 4.94. The summed E-state index contributed by atoms with van der Waals surface area (Å²) in [7, 11) is 0. The Morgan fingerprint density at radius 3 is 2.43 bits per heavy atom. The van der Waals surface area contributed by atoms with Gasteiger partial charge in [-0.05, 0) is 44.2 Å². The third kappa shape index (κ3) is 2.07. The van der Waals surface area contributed by atoms with E-state index in [2.05, 4.69) is 4.98 Å². The number of aromatic nitrogens is 2. The Morgan fingerprint density at radius 2 is 1.76 bits per heavy atom. The fourth-order valence-corrected chi connectivity index (χ4v) is 2.37. The third-order valence-electron chi connectivity index (χ3n) is 3.63. The lowest BCUT2D eigenvalue weighted by atomic mass is 10.0. The van der Waals surface area contributed by atoms with E-state index in [1.54, 1.807) is 0 Å². The Bertz CT molecular complexity index is 904. The second-order valence-corrected chi connectivity index (χ2v) is 4.94. The largest absolute Gasteiger partial charge is 0.343 e. The summed E-state index contributed by atoms with van der Waals surface area (Å²) >= 11 is 0. The van der Waals surface area contributed by atoms with Crippen molar-refractivity contribution in [1.29, 1.82) is 0 Å². The minimum absolute atomic E-state index is 0.192. The number of aromatic amines is 1. The number of rotatable bonds is 2. The van der Waals surface area contributed by atoms with Gasteiger partial charge in [-0.15, -0.1) is 0 Å². The first-order valence-electron chi connectivity index (χ1n) is 6.50. The molecule has 2 aromatic heterocycles. The zero-order valence-corrected chi connectivity index (χ0v) is 11.6. The van der Waals surface area contributed by atoms with Crippen molar-refractivity contribution < 1.29 is 9.18 Å². The summed E-state index contributed by atoms with van der Waals surface area (Å²) in [6, 6.07) is 8.21. The predicted molar refractivity (Wildman–Crippen MR) is 77.3 cm³/mol. The standard InChI is InChI=1S/C16H13FN2O2/c1-9-10(2)19-14(20)8-7-13(16(19)18-9)15(21)11-3-5-12(17)6-4-11/h3-8,18H,1-2H3. The average Bonchev–Trinajstić information content (AvgIpc) is 2.76. The molecular formula is C16H13FN2O2. The lowest BCUT2D eigenvalue weighted by Gasteiger charge is -2.04. The maximum atomic E-state index is 13.0. The molecule has 0 radical (unpaired) electrons. The molecule has 0 aliphatic rings. The highest BCUT2D eigenvalue weighted by Gasteiger charge is 2.17. The number of carbonyl (C=O) groups is 1. The number of imidazole rings is 1. The highest BCUT2D eigenvalue weighted by Crippen LogP contribution is 2.17. The van der Waals surface area contributed by atoms with Gasteiger partial charge in [-0.2, -0.15) is 0 Å². The maximum absolute atomic E-state index is 13.0. The summed E-state index contributed by atoms with van der Waals surface area (Å²) in [4.78, 5) is 27.6. The summed E-state index contributed by atoms with van der Waals surface area (Å²) in [5, 5.41) is 0. The van der Waals surface area contributed by atoms with Crippen molar-refractivity contribution in [2.24, 2.45) is 0 Å². The molecule has 0 saturated heterocycles. The van der Waals surface area contributed by atoms with E-state index < -0.39 is 5.82 Å². The number of fused-ring (bicyclic) bond motifs is 1. The van der Waals surface area contributed by atoms with Gasteiger partial charge in [0, 0.05) is 23.0 Å². The zero-order valence-electron chi connectivity index (χ0n) is 11.6. The normalized spacial score (nSPS) is 11.0. The van der Waals surface area contributed by atoms with Crippen LogP contribution < -0.4 is 5.56 Å². The summed E-state index contributed by atoms with van der Waals surface area (Å²) in [6.07, 6.45) is 0. The molecule has 0 aliphatic carbocycles.